The third-order valence-corrected chi connectivity index (χ3v) is 4.33. The van der Waals surface area contributed by atoms with Gasteiger partial charge in [-0.3, -0.25) is 0 Å². The second-order valence-electron chi connectivity index (χ2n) is 4.46. The summed E-state index contributed by atoms with van der Waals surface area (Å²) in [5.74, 6) is 1.04. The van der Waals surface area contributed by atoms with Gasteiger partial charge in [-0.15, -0.1) is 11.8 Å². The van der Waals surface area contributed by atoms with Gasteiger partial charge in [-0.1, -0.05) is 25.2 Å². The van der Waals surface area contributed by atoms with Crippen molar-refractivity contribution in [2.45, 2.75) is 37.6 Å². The maximum atomic E-state index is 5.95. The average Bonchev–Trinajstić information content (AvgIpc) is 3.15. The standard InChI is InChI=1S/C14H20N2S2/c1-3-16(10-8-9-10)11-6-5-7-12(18-4-2)13(11)14(15)17/h5-7,10H,3-4,8-9H2,1-2H3,(H2,15,17). The first-order chi connectivity index (χ1) is 8.69. The average molecular weight is 280 g/mol. The molecule has 0 aromatic heterocycles. The highest BCUT2D eigenvalue weighted by Crippen LogP contribution is 2.36. The van der Waals surface area contributed by atoms with Crippen molar-refractivity contribution in [1.29, 1.82) is 0 Å². The summed E-state index contributed by atoms with van der Waals surface area (Å²) in [7, 11) is 0. The predicted octanol–water partition coefficient (Wildman–Crippen LogP) is 3.42. The third-order valence-electron chi connectivity index (χ3n) is 3.19. The summed E-state index contributed by atoms with van der Waals surface area (Å²) in [4.78, 5) is 4.16. The van der Waals surface area contributed by atoms with E-state index in [-0.39, 0.29) is 0 Å². The lowest BCUT2D eigenvalue weighted by atomic mass is 10.1. The van der Waals surface area contributed by atoms with E-state index in [4.69, 9.17) is 18.0 Å². The van der Waals surface area contributed by atoms with Crippen LogP contribution in [0.3, 0.4) is 0 Å². The highest BCUT2D eigenvalue weighted by atomic mass is 32.2. The predicted molar refractivity (Wildman–Crippen MR) is 84.8 cm³/mol. The summed E-state index contributed by atoms with van der Waals surface area (Å²) in [6.07, 6.45) is 2.57. The molecule has 2 N–H and O–H groups in total. The van der Waals surface area contributed by atoms with Crippen molar-refractivity contribution < 1.29 is 0 Å². The van der Waals surface area contributed by atoms with Crippen LogP contribution in [0.15, 0.2) is 23.1 Å². The van der Waals surface area contributed by atoms with E-state index in [0.717, 1.165) is 17.9 Å². The fraction of sp³-hybridized carbons (Fsp3) is 0.500. The van der Waals surface area contributed by atoms with Gasteiger partial charge in [-0.2, -0.15) is 0 Å². The Morgan fingerprint density at radius 1 is 1.44 bits per heavy atom. The van der Waals surface area contributed by atoms with Crippen LogP contribution in [0.4, 0.5) is 5.69 Å². The minimum atomic E-state index is 0.514. The van der Waals surface area contributed by atoms with Crippen LogP contribution in [0, 0.1) is 0 Å². The zero-order valence-electron chi connectivity index (χ0n) is 11.0. The highest BCUT2D eigenvalue weighted by Gasteiger charge is 2.30. The fourth-order valence-corrected chi connectivity index (χ4v) is 3.42. The molecule has 0 atom stereocenters. The number of thiocarbonyl (C=S) groups is 1. The molecular formula is C14H20N2S2. The minimum Gasteiger partial charge on any atom is -0.389 e. The van der Waals surface area contributed by atoms with E-state index >= 15 is 0 Å². The van der Waals surface area contributed by atoms with E-state index < -0.39 is 0 Å². The molecule has 0 aliphatic heterocycles. The number of thioether (sulfide) groups is 1. The number of nitrogens with two attached hydrogens (primary N) is 1. The van der Waals surface area contributed by atoms with Crippen LogP contribution in [0.25, 0.3) is 0 Å². The van der Waals surface area contributed by atoms with E-state index in [1.54, 1.807) is 0 Å². The molecule has 0 saturated heterocycles. The van der Waals surface area contributed by atoms with Crippen molar-refractivity contribution in [3.8, 4) is 0 Å². The van der Waals surface area contributed by atoms with Gasteiger partial charge in [-0.05, 0) is 37.7 Å². The Labute approximate surface area is 119 Å². The summed E-state index contributed by atoms with van der Waals surface area (Å²) in [5, 5.41) is 0. The number of hydrogen-bond donors (Lipinski definition) is 1. The molecule has 98 valence electrons. The summed E-state index contributed by atoms with van der Waals surface area (Å²) in [6.45, 7) is 5.36. The summed E-state index contributed by atoms with van der Waals surface area (Å²) < 4.78 is 0. The molecule has 1 saturated carbocycles. The fourth-order valence-electron chi connectivity index (χ4n) is 2.29. The Hall–Kier alpha value is -0.740. The van der Waals surface area contributed by atoms with Gasteiger partial charge in [-0.25, -0.2) is 0 Å². The minimum absolute atomic E-state index is 0.514. The van der Waals surface area contributed by atoms with Crippen molar-refractivity contribution >= 4 is 34.7 Å². The Morgan fingerprint density at radius 2 is 2.17 bits per heavy atom. The largest absolute Gasteiger partial charge is 0.389 e. The Balaban J connectivity index is 2.44. The van der Waals surface area contributed by atoms with Gasteiger partial charge in [0.15, 0.2) is 0 Å². The summed E-state index contributed by atoms with van der Waals surface area (Å²) in [6, 6.07) is 7.06. The molecule has 1 aliphatic carbocycles. The van der Waals surface area contributed by atoms with Crippen molar-refractivity contribution in [3.63, 3.8) is 0 Å². The number of rotatable bonds is 6. The van der Waals surface area contributed by atoms with E-state index in [9.17, 15) is 0 Å². The first kappa shape index (κ1) is 13.7. The SMILES string of the molecule is CCSc1cccc(N(CC)C2CC2)c1C(N)=S. The molecular weight excluding hydrogens is 260 g/mol. The first-order valence-corrected chi connectivity index (χ1v) is 7.90. The Kier molecular flexibility index (Phi) is 4.51. The molecule has 0 unspecified atom stereocenters. The molecule has 1 aliphatic rings. The molecule has 1 aromatic carbocycles. The van der Waals surface area contributed by atoms with Gasteiger partial charge in [0.1, 0.15) is 4.99 Å². The number of anilines is 1. The third kappa shape index (κ3) is 2.81. The highest BCUT2D eigenvalue weighted by molar-refractivity contribution is 7.99. The van der Waals surface area contributed by atoms with Crippen LogP contribution >= 0.6 is 24.0 Å². The van der Waals surface area contributed by atoms with Crippen LogP contribution in [-0.4, -0.2) is 23.3 Å². The van der Waals surface area contributed by atoms with Crippen molar-refractivity contribution in [2.75, 3.05) is 17.2 Å². The molecule has 2 rings (SSSR count). The molecule has 2 nitrogen and oxygen atoms in total. The summed E-state index contributed by atoms with van der Waals surface area (Å²) >= 11 is 7.07. The van der Waals surface area contributed by atoms with E-state index in [1.807, 2.05) is 11.8 Å². The zero-order chi connectivity index (χ0) is 13.1. The molecule has 0 heterocycles. The van der Waals surface area contributed by atoms with E-state index in [1.165, 1.54) is 23.4 Å². The van der Waals surface area contributed by atoms with Crippen LogP contribution in [0.2, 0.25) is 0 Å². The van der Waals surface area contributed by atoms with Crippen LogP contribution in [0.5, 0.6) is 0 Å². The lowest BCUT2D eigenvalue weighted by Gasteiger charge is -2.26. The molecule has 1 aromatic rings. The molecule has 0 spiro atoms. The maximum absolute atomic E-state index is 5.95. The van der Waals surface area contributed by atoms with E-state index in [2.05, 4.69) is 36.9 Å². The second-order valence-corrected chi connectivity index (χ2v) is 6.21. The smallest absolute Gasteiger partial charge is 0.107 e. The number of nitrogens with zero attached hydrogens (tertiary/aromatic N) is 1. The number of hydrogen-bond acceptors (Lipinski definition) is 3. The Morgan fingerprint density at radius 3 is 2.67 bits per heavy atom. The van der Waals surface area contributed by atoms with Crippen LogP contribution in [-0.2, 0) is 0 Å². The molecule has 18 heavy (non-hydrogen) atoms. The van der Waals surface area contributed by atoms with E-state index in [0.29, 0.717) is 11.0 Å². The quantitative estimate of drug-likeness (QED) is 0.638. The summed E-state index contributed by atoms with van der Waals surface area (Å²) in [5.41, 5.74) is 8.23. The van der Waals surface area contributed by atoms with Crippen LogP contribution < -0.4 is 10.6 Å². The van der Waals surface area contributed by atoms with Crippen molar-refractivity contribution in [3.05, 3.63) is 23.8 Å². The number of benzene rings is 1. The lowest BCUT2D eigenvalue weighted by Crippen LogP contribution is -2.28. The van der Waals surface area contributed by atoms with Crippen molar-refractivity contribution in [2.24, 2.45) is 5.73 Å². The van der Waals surface area contributed by atoms with Gasteiger partial charge in [0.2, 0.25) is 0 Å². The van der Waals surface area contributed by atoms with Gasteiger partial charge in [0.25, 0.3) is 0 Å². The van der Waals surface area contributed by atoms with Gasteiger partial charge in [0.05, 0.1) is 0 Å². The lowest BCUT2D eigenvalue weighted by molar-refractivity contribution is 0.823. The Bertz CT molecular complexity index is 441. The second kappa shape index (κ2) is 5.93. The molecule has 4 heteroatoms. The maximum Gasteiger partial charge on any atom is 0.107 e. The van der Waals surface area contributed by atoms with Gasteiger partial charge >= 0.3 is 0 Å². The topological polar surface area (TPSA) is 29.3 Å². The monoisotopic (exact) mass is 280 g/mol. The van der Waals surface area contributed by atoms with Crippen molar-refractivity contribution in [1.82, 2.24) is 0 Å². The van der Waals surface area contributed by atoms with Gasteiger partial charge in [0, 0.05) is 28.7 Å². The molecule has 0 bridgehead atoms. The zero-order valence-corrected chi connectivity index (χ0v) is 12.6. The normalized spacial score (nSPS) is 14.6. The molecule has 0 amide bonds. The molecule has 1 fully saturated rings. The molecule has 0 radical (unpaired) electrons. The first-order valence-electron chi connectivity index (χ1n) is 6.51. The van der Waals surface area contributed by atoms with Crippen LogP contribution in [0.1, 0.15) is 32.3 Å². The van der Waals surface area contributed by atoms with Gasteiger partial charge < -0.3 is 10.6 Å².